The zero-order valence-electron chi connectivity index (χ0n) is 14.6. The lowest BCUT2D eigenvalue weighted by Crippen LogP contribution is -2.37. The van der Waals surface area contributed by atoms with Crippen molar-refractivity contribution >= 4 is 27.5 Å². The second kappa shape index (κ2) is 7.38. The summed E-state index contributed by atoms with van der Waals surface area (Å²) in [6.45, 7) is 4.55. The van der Waals surface area contributed by atoms with Gasteiger partial charge in [-0.05, 0) is 38.5 Å². The molecule has 140 valence electrons. The summed E-state index contributed by atoms with van der Waals surface area (Å²) >= 11 is 5.96. The molecule has 2 aromatic rings. The molecule has 9 heteroatoms. The molecule has 1 fully saturated rings. The van der Waals surface area contributed by atoms with Gasteiger partial charge in [-0.25, -0.2) is 8.42 Å². The number of aryl methyl sites for hydroxylation is 2. The highest BCUT2D eigenvalue weighted by Crippen LogP contribution is 2.24. The van der Waals surface area contributed by atoms with Crippen LogP contribution in [-0.4, -0.2) is 54.9 Å². The molecule has 0 unspecified atom stereocenters. The van der Waals surface area contributed by atoms with E-state index in [-0.39, 0.29) is 23.1 Å². The maximum Gasteiger partial charge on any atom is 0.253 e. The Morgan fingerprint density at radius 2 is 1.96 bits per heavy atom. The molecule has 1 aliphatic rings. The van der Waals surface area contributed by atoms with Crippen molar-refractivity contribution in [2.75, 3.05) is 26.2 Å². The molecule has 7 nitrogen and oxygen atoms in total. The molecule has 3 rings (SSSR count). The van der Waals surface area contributed by atoms with Gasteiger partial charge in [0.25, 0.3) is 5.91 Å². The van der Waals surface area contributed by atoms with Crippen molar-refractivity contribution in [2.45, 2.75) is 25.2 Å². The van der Waals surface area contributed by atoms with Crippen LogP contribution in [0.1, 0.15) is 28.2 Å². The Hall–Kier alpha value is -1.90. The van der Waals surface area contributed by atoms with Crippen LogP contribution in [0.2, 0.25) is 5.02 Å². The molecule has 0 saturated carbocycles. The predicted octanol–water partition coefficient (Wildman–Crippen LogP) is 2.48. The van der Waals surface area contributed by atoms with Gasteiger partial charge in [0.2, 0.25) is 10.0 Å². The molecule has 2 heterocycles. The van der Waals surface area contributed by atoms with Crippen LogP contribution in [0.15, 0.2) is 33.7 Å². The summed E-state index contributed by atoms with van der Waals surface area (Å²) in [5.74, 6) is 0.127. The maximum atomic E-state index is 12.9. The van der Waals surface area contributed by atoms with E-state index in [4.69, 9.17) is 16.1 Å². The average molecular weight is 398 g/mol. The van der Waals surface area contributed by atoms with Crippen LogP contribution < -0.4 is 0 Å². The topological polar surface area (TPSA) is 83.7 Å². The van der Waals surface area contributed by atoms with Crippen molar-refractivity contribution in [1.82, 2.24) is 14.4 Å². The SMILES string of the molecule is Cc1noc(C)c1S(=O)(=O)N1CCCN(C(=O)c2cccc(Cl)c2)CC1. The lowest BCUT2D eigenvalue weighted by Gasteiger charge is -2.22. The molecule has 1 aliphatic heterocycles. The number of carbonyl (C=O) groups is 1. The summed E-state index contributed by atoms with van der Waals surface area (Å²) in [7, 11) is -3.71. The third kappa shape index (κ3) is 3.62. The van der Waals surface area contributed by atoms with Crippen molar-refractivity contribution in [1.29, 1.82) is 0 Å². The quantitative estimate of drug-likeness (QED) is 0.794. The van der Waals surface area contributed by atoms with E-state index in [1.807, 2.05) is 0 Å². The summed E-state index contributed by atoms with van der Waals surface area (Å²) in [5.41, 5.74) is 0.845. The van der Waals surface area contributed by atoms with Gasteiger partial charge in [0.15, 0.2) is 5.76 Å². The highest BCUT2D eigenvalue weighted by molar-refractivity contribution is 7.89. The minimum atomic E-state index is -3.71. The Labute approximate surface area is 157 Å². The van der Waals surface area contributed by atoms with Crippen molar-refractivity contribution in [2.24, 2.45) is 0 Å². The van der Waals surface area contributed by atoms with Crippen LogP contribution >= 0.6 is 11.6 Å². The maximum absolute atomic E-state index is 12.9. The van der Waals surface area contributed by atoms with Gasteiger partial charge in [-0.15, -0.1) is 0 Å². The third-order valence-electron chi connectivity index (χ3n) is 4.38. The highest BCUT2D eigenvalue weighted by Gasteiger charge is 2.33. The normalized spacial score (nSPS) is 16.5. The van der Waals surface area contributed by atoms with Gasteiger partial charge in [-0.1, -0.05) is 22.8 Å². The molecule has 0 radical (unpaired) electrons. The summed E-state index contributed by atoms with van der Waals surface area (Å²) in [6.07, 6.45) is 0.551. The number of sulfonamides is 1. The van der Waals surface area contributed by atoms with Crippen LogP contribution in [0.5, 0.6) is 0 Å². The van der Waals surface area contributed by atoms with Crippen LogP contribution in [0.4, 0.5) is 0 Å². The van der Waals surface area contributed by atoms with E-state index < -0.39 is 10.0 Å². The molecule has 0 aliphatic carbocycles. The van der Waals surface area contributed by atoms with Gasteiger partial charge in [0.05, 0.1) is 0 Å². The second-order valence-electron chi connectivity index (χ2n) is 6.21. The van der Waals surface area contributed by atoms with Crippen molar-refractivity contribution < 1.29 is 17.7 Å². The van der Waals surface area contributed by atoms with Gasteiger partial charge >= 0.3 is 0 Å². The van der Waals surface area contributed by atoms with Gasteiger partial charge in [0.1, 0.15) is 10.6 Å². The Kier molecular flexibility index (Phi) is 5.36. The first-order chi connectivity index (χ1) is 12.3. The smallest absolute Gasteiger partial charge is 0.253 e. The van der Waals surface area contributed by atoms with E-state index in [1.54, 1.807) is 43.0 Å². The predicted molar refractivity (Wildman–Crippen MR) is 96.7 cm³/mol. The Balaban J connectivity index is 1.77. The molecule has 26 heavy (non-hydrogen) atoms. The number of nitrogens with zero attached hydrogens (tertiary/aromatic N) is 3. The molecule has 1 aromatic carbocycles. The summed E-state index contributed by atoms with van der Waals surface area (Å²) in [5, 5.41) is 4.23. The van der Waals surface area contributed by atoms with Gasteiger partial charge in [-0.2, -0.15) is 4.31 Å². The Morgan fingerprint density at radius 1 is 1.19 bits per heavy atom. The number of benzene rings is 1. The fraction of sp³-hybridized carbons (Fsp3) is 0.412. The molecule has 0 bridgehead atoms. The lowest BCUT2D eigenvalue weighted by atomic mass is 10.2. The summed E-state index contributed by atoms with van der Waals surface area (Å²) < 4.78 is 32.3. The summed E-state index contributed by atoms with van der Waals surface area (Å²) in [6, 6.07) is 6.75. The molecule has 1 aromatic heterocycles. The molecular weight excluding hydrogens is 378 g/mol. The average Bonchev–Trinajstić information content (AvgIpc) is 2.81. The van der Waals surface area contributed by atoms with Gasteiger partial charge in [-0.3, -0.25) is 4.79 Å². The van der Waals surface area contributed by atoms with Crippen molar-refractivity contribution in [3.05, 3.63) is 46.3 Å². The van der Waals surface area contributed by atoms with Crippen molar-refractivity contribution in [3.8, 4) is 0 Å². The first-order valence-corrected chi connectivity index (χ1v) is 10.1. The lowest BCUT2D eigenvalue weighted by molar-refractivity contribution is 0.0764. The third-order valence-corrected chi connectivity index (χ3v) is 6.76. The van der Waals surface area contributed by atoms with Crippen LogP contribution in [-0.2, 0) is 10.0 Å². The second-order valence-corrected chi connectivity index (χ2v) is 8.52. The number of hydrogen-bond donors (Lipinski definition) is 0. The summed E-state index contributed by atoms with van der Waals surface area (Å²) in [4.78, 5) is 14.5. The number of carbonyl (C=O) groups excluding carboxylic acids is 1. The molecule has 0 atom stereocenters. The van der Waals surface area contributed by atoms with E-state index in [1.165, 1.54) is 4.31 Å². The highest BCUT2D eigenvalue weighted by atomic mass is 35.5. The minimum Gasteiger partial charge on any atom is -0.360 e. The molecular formula is C17H20ClN3O4S. The number of amides is 1. The first-order valence-electron chi connectivity index (χ1n) is 8.28. The monoisotopic (exact) mass is 397 g/mol. The van der Waals surface area contributed by atoms with Crippen LogP contribution in [0.3, 0.4) is 0 Å². The van der Waals surface area contributed by atoms with Crippen LogP contribution in [0.25, 0.3) is 0 Å². The zero-order valence-corrected chi connectivity index (χ0v) is 16.2. The van der Waals surface area contributed by atoms with E-state index >= 15 is 0 Å². The fourth-order valence-corrected chi connectivity index (χ4v) is 5.06. The molecule has 0 N–H and O–H groups in total. The number of aromatic nitrogens is 1. The molecule has 1 saturated heterocycles. The van der Waals surface area contributed by atoms with E-state index in [2.05, 4.69) is 5.16 Å². The van der Waals surface area contributed by atoms with E-state index in [0.29, 0.717) is 42.3 Å². The Bertz CT molecular complexity index is 906. The minimum absolute atomic E-state index is 0.118. The zero-order chi connectivity index (χ0) is 18.9. The molecule has 1 amide bonds. The number of rotatable bonds is 3. The number of halogens is 1. The van der Waals surface area contributed by atoms with E-state index in [9.17, 15) is 13.2 Å². The van der Waals surface area contributed by atoms with Crippen molar-refractivity contribution in [3.63, 3.8) is 0 Å². The van der Waals surface area contributed by atoms with E-state index in [0.717, 1.165) is 0 Å². The standard InChI is InChI=1S/C17H20ClN3O4S/c1-12-16(13(2)25-19-12)26(23,24)21-8-4-7-20(9-10-21)17(22)14-5-3-6-15(18)11-14/h3,5-6,11H,4,7-10H2,1-2H3. The fourth-order valence-electron chi connectivity index (χ4n) is 3.11. The van der Waals surface area contributed by atoms with Gasteiger partial charge in [0, 0.05) is 36.8 Å². The van der Waals surface area contributed by atoms with Gasteiger partial charge < -0.3 is 9.42 Å². The van der Waals surface area contributed by atoms with Crippen LogP contribution in [0, 0.1) is 13.8 Å². The Morgan fingerprint density at radius 3 is 2.62 bits per heavy atom. The largest absolute Gasteiger partial charge is 0.360 e. The first kappa shape index (κ1) is 18.9. The number of hydrogen-bond acceptors (Lipinski definition) is 5. The molecule has 0 spiro atoms.